The SMILES string of the molecule is CCCOc1cccc(CNC[C@H]2CCCO2)c1. The van der Waals surface area contributed by atoms with Crippen molar-refractivity contribution >= 4 is 0 Å². The van der Waals surface area contributed by atoms with Gasteiger partial charge in [0, 0.05) is 19.7 Å². The van der Waals surface area contributed by atoms with E-state index in [9.17, 15) is 0 Å². The molecule has 0 saturated carbocycles. The zero-order chi connectivity index (χ0) is 12.6. The third-order valence-corrected chi connectivity index (χ3v) is 3.10. The first kappa shape index (κ1) is 13.4. The molecule has 18 heavy (non-hydrogen) atoms. The molecule has 1 aliphatic rings. The van der Waals surface area contributed by atoms with E-state index in [1.807, 2.05) is 12.1 Å². The standard InChI is InChI=1S/C15H23NO2/c1-2-8-17-14-6-3-5-13(10-14)11-16-12-15-7-4-9-18-15/h3,5-6,10,15-16H,2,4,7-9,11-12H2,1H3/t15-/m1/s1. The van der Waals surface area contributed by atoms with Crippen molar-refractivity contribution in [1.82, 2.24) is 5.32 Å². The lowest BCUT2D eigenvalue weighted by Gasteiger charge is -2.11. The molecule has 0 aromatic heterocycles. The fourth-order valence-corrected chi connectivity index (χ4v) is 2.15. The summed E-state index contributed by atoms with van der Waals surface area (Å²) in [5, 5.41) is 3.45. The molecule has 1 N–H and O–H groups in total. The second-order valence-electron chi connectivity index (χ2n) is 4.76. The molecule has 100 valence electrons. The van der Waals surface area contributed by atoms with Crippen LogP contribution in [0.2, 0.25) is 0 Å². The molecule has 3 heteroatoms. The van der Waals surface area contributed by atoms with Crippen molar-refractivity contribution < 1.29 is 9.47 Å². The molecule has 1 aliphatic heterocycles. The summed E-state index contributed by atoms with van der Waals surface area (Å²) >= 11 is 0. The molecule has 1 fully saturated rings. The molecule has 0 aliphatic carbocycles. The second kappa shape index (κ2) is 7.39. The van der Waals surface area contributed by atoms with Crippen molar-refractivity contribution in [3.63, 3.8) is 0 Å². The first-order chi connectivity index (χ1) is 8.88. The van der Waals surface area contributed by atoms with Gasteiger partial charge in [-0.2, -0.15) is 0 Å². The number of hydrogen-bond donors (Lipinski definition) is 1. The maximum absolute atomic E-state index is 5.62. The predicted octanol–water partition coefficient (Wildman–Crippen LogP) is 2.74. The van der Waals surface area contributed by atoms with E-state index in [1.165, 1.54) is 18.4 Å². The zero-order valence-electron chi connectivity index (χ0n) is 11.2. The van der Waals surface area contributed by atoms with Gasteiger partial charge in [-0.1, -0.05) is 19.1 Å². The van der Waals surface area contributed by atoms with E-state index in [-0.39, 0.29) is 0 Å². The van der Waals surface area contributed by atoms with Gasteiger partial charge in [-0.15, -0.1) is 0 Å². The monoisotopic (exact) mass is 249 g/mol. The van der Waals surface area contributed by atoms with Crippen molar-refractivity contribution in [3.05, 3.63) is 29.8 Å². The van der Waals surface area contributed by atoms with Gasteiger partial charge in [-0.25, -0.2) is 0 Å². The van der Waals surface area contributed by atoms with Crippen molar-refractivity contribution in [2.75, 3.05) is 19.8 Å². The molecule has 1 aromatic carbocycles. The summed E-state index contributed by atoms with van der Waals surface area (Å²) in [5.41, 5.74) is 1.27. The van der Waals surface area contributed by atoms with Crippen LogP contribution in [-0.4, -0.2) is 25.9 Å². The molecule has 0 unspecified atom stereocenters. The normalized spacial score (nSPS) is 19.1. The fraction of sp³-hybridized carbons (Fsp3) is 0.600. The van der Waals surface area contributed by atoms with E-state index in [2.05, 4.69) is 24.4 Å². The van der Waals surface area contributed by atoms with Crippen LogP contribution >= 0.6 is 0 Å². The minimum absolute atomic E-state index is 0.407. The van der Waals surface area contributed by atoms with Crippen LogP contribution in [0, 0.1) is 0 Å². The largest absolute Gasteiger partial charge is 0.494 e. The maximum Gasteiger partial charge on any atom is 0.119 e. The summed E-state index contributed by atoms with van der Waals surface area (Å²) in [7, 11) is 0. The number of benzene rings is 1. The lowest BCUT2D eigenvalue weighted by Crippen LogP contribution is -2.25. The van der Waals surface area contributed by atoms with E-state index in [0.29, 0.717) is 6.10 Å². The van der Waals surface area contributed by atoms with Crippen LogP contribution in [0.15, 0.2) is 24.3 Å². The van der Waals surface area contributed by atoms with Crippen molar-refractivity contribution in [2.24, 2.45) is 0 Å². The average Bonchev–Trinajstić information content (AvgIpc) is 2.90. The van der Waals surface area contributed by atoms with Gasteiger partial charge in [-0.3, -0.25) is 0 Å². The number of rotatable bonds is 7. The van der Waals surface area contributed by atoms with E-state index in [4.69, 9.17) is 9.47 Å². The summed E-state index contributed by atoms with van der Waals surface area (Å²) in [6.45, 7) is 5.65. The molecule has 1 aromatic rings. The summed E-state index contributed by atoms with van der Waals surface area (Å²) in [4.78, 5) is 0. The Morgan fingerprint density at radius 2 is 2.39 bits per heavy atom. The minimum atomic E-state index is 0.407. The highest BCUT2D eigenvalue weighted by Crippen LogP contribution is 2.14. The molecule has 0 spiro atoms. The van der Waals surface area contributed by atoms with Gasteiger partial charge in [-0.05, 0) is 37.0 Å². The first-order valence-corrected chi connectivity index (χ1v) is 6.92. The summed E-state index contributed by atoms with van der Waals surface area (Å²) in [5.74, 6) is 0.966. The molecule has 1 heterocycles. The van der Waals surface area contributed by atoms with Crippen LogP contribution in [0.1, 0.15) is 31.7 Å². The van der Waals surface area contributed by atoms with Crippen LogP contribution in [0.4, 0.5) is 0 Å². The molecule has 1 saturated heterocycles. The Morgan fingerprint density at radius 1 is 1.44 bits per heavy atom. The van der Waals surface area contributed by atoms with Crippen molar-refractivity contribution in [1.29, 1.82) is 0 Å². The van der Waals surface area contributed by atoms with Gasteiger partial charge in [0.25, 0.3) is 0 Å². The molecule has 2 rings (SSSR count). The van der Waals surface area contributed by atoms with E-state index in [0.717, 1.165) is 38.5 Å². The Bertz CT molecular complexity index is 348. The van der Waals surface area contributed by atoms with Gasteiger partial charge >= 0.3 is 0 Å². The van der Waals surface area contributed by atoms with Gasteiger partial charge in [0.05, 0.1) is 12.7 Å². The van der Waals surface area contributed by atoms with E-state index in [1.54, 1.807) is 0 Å². The number of ether oxygens (including phenoxy) is 2. The van der Waals surface area contributed by atoms with Crippen LogP contribution in [0.3, 0.4) is 0 Å². The minimum Gasteiger partial charge on any atom is -0.494 e. The highest BCUT2D eigenvalue weighted by molar-refractivity contribution is 5.28. The van der Waals surface area contributed by atoms with Crippen LogP contribution in [0.5, 0.6) is 5.75 Å². The van der Waals surface area contributed by atoms with Crippen LogP contribution < -0.4 is 10.1 Å². The number of nitrogens with one attached hydrogen (secondary N) is 1. The van der Waals surface area contributed by atoms with Crippen LogP contribution in [0.25, 0.3) is 0 Å². The average molecular weight is 249 g/mol. The van der Waals surface area contributed by atoms with Crippen molar-refractivity contribution in [3.8, 4) is 5.75 Å². The zero-order valence-corrected chi connectivity index (χ0v) is 11.2. The number of hydrogen-bond acceptors (Lipinski definition) is 3. The van der Waals surface area contributed by atoms with Crippen molar-refractivity contribution in [2.45, 2.75) is 38.8 Å². The lowest BCUT2D eigenvalue weighted by molar-refractivity contribution is 0.110. The van der Waals surface area contributed by atoms with Gasteiger partial charge in [0.15, 0.2) is 0 Å². The quantitative estimate of drug-likeness (QED) is 0.806. The molecule has 1 atom stereocenters. The first-order valence-electron chi connectivity index (χ1n) is 6.92. The molecule has 0 radical (unpaired) electrons. The van der Waals surface area contributed by atoms with Crippen LogP contribution in [-0.2, 0) is 11.3 Å². The smallest absolute Gasteiger partial charge is 0.119 e. The highest BCUT2D eigenvalue weighted by Gasteiger charge is 2.14. The summed E-state index contributed by atoms with van der Waals surface area (Å²) < 4.78 is 11.2. The third-order valence-electron chi connectivity index (χ3n) is 3.10. The third kappa shape index (κ3) is 4.31. The van der Waals surface area contributed by atoms with Gasteiger partial charge < -0.3 is 14.8 Å². The van der Waals surface area contributed by atoms with E-state index >= 15 is 0 Å². The molecule has 3 nitrogen and oxygen atoms in total. The summed E-state index contributed by atoms with van der Waals surface area (Å²) in [6.07, 6.45) is 3.84. The molecular formula is C15H23NO2. The molecule has 0 bridgehead atoms. The highest BCUT2D eigenvalue weighted by atomic mass is 16.5. The maximum atomic E-state index is 5.62. The Kier molecular flexibility index (Phi) is 5.49. The van der Waals surface area contributed by atoms with Gasteiger partial charge in [0.2, 0.25) is 0 Å². The Balaban J connectivity index is 1.74. The lowest BCUT2D eigenvalue weighted by atomic mass is 10.2. The topological polar surface area (TPSA) is 30.5 Å². The Labute approximate surface area is 109 Å². The Hall–Kier alpha value is -1.06. The molecular weight excluding hydrogens is 226 g/mol. The fourth-order valence-electron chi connectivity index (χ4n) is 2.15. The predicted molar refractivity (Wildman–Crippen MR) is 72.9 cm³/mol. The Morgan fingerprint density at radius 3 is 3.17 bits per heavy atom. The van der Waals surface area contributed by atoms with E-state index < -0.39 is 0 Å². The second-order valence-corrected chi connectivity index (χ2v) is 4.76. The summed E-state index contributed by atoms with van der Waals surface area (Å²) in [6, 6.07) is 8.30. The van der Waals surface area contributed by atoms with Gasteiger partial charge in [0.1, 0.15) is 5.75 Å². The molecule has 0 amide bonds.